The van der Waals surface area contributed by atoms with Crippen molar-refractivity contribution in [1.82, 2.24) is 0 Å². The van der Waals surface area contributed by atoms with Crippen molar-refractivity contribution in [3.8, 4) is 17.2 Å². The highest BCUT2D eigenvalue weighted by atomic mass is 31.2. The Labute approximate surface area is 306 Å². The van der Waals surface area contributed by atoms with Crippen LogP contribution in [0.2, 0.25) is 0 Å². The summed E-state index contributed by atoms with van der Waals surface area (Å²) < 4.78 is 19.3. The van der Waals surface area contributed by atoms with Gasteiger partial charge in [0.05, 0.1) is 0 Å². The summed E-state index contributed by atoms with van der Waals surface area (Å²) in [6, 6.07) is 22.7. The Kier molecular flexibility index (Phi) is 17.6. The summed E-state index contributed by atoms with van der Waals surface area (Å²) in [6.45, 7) is 10.0. The van der Waals surface area contributed by atoms with E-state index < -0.39 is 26.5 Å². The first-order valence-electron chi connectivity index (χ1n) is 17.2. The van der Waals surface area contributed by atoms with Gasteiger partial charge in [-0.2, -0.15) is 0 Å². The summed E-state index contributed by atoms with van der Waals surface area (Å²) in [5.74, 6) is -1.36. The first kappa shape index (κ1) is 40.9. The third-order valence-electron chi connectivity index (χ3n) is 7.71. The minimum Gasteiger partial charge on any atom is -0.478 e. The van der Waals surface area contributed by atoms with Gasteiger partial charge in [-0.25, -0.2) is 14.4 Å². The fourth-order valence-corrected chi connectivity index (χ4v) is 6.15. The molecule has 0 aliphatic rings. The van der Waals surface area contributed by atoms with Gasteiger partial charge in [-0.05, 0) is 76.4 Å². The third-order valence-corrected chi connectivity index (χ3v) is 8.79. The van der Waals surface area contributed by atoms with Crippen LogP contribution in [-0.2, 0) is 14.4 Å². The van der Waals surface area contributed by atoms with E-state index in [2.05, 4.69) is 14.7 Å². The van der Waals surface area contributed by atoms with Crippen molar-refractivity contribution in [1.29, 1.82) is 0 Å². The summed E-state index contributed by atoms with van der Waals surface area (Å²) in [5.41, 5.74) is 2.69. The predicted molar refractivity (Wildman–Crippen MR) is 206 cm³/mol. The van der Waals surface area contributed by atoms with Crippen LogP contribution in [0.4, 0.5) is 17.1 Å². The lowest BCUT2D eigenvalue weighted by Crippen LogP contribution is -2.23. The molecular formula is C39H48N3O9P. The molecule has 3 aromatic rings. The van der Waals surface area contributed by atoms with E-state index >= 15 is 0 Å². The maximum atomic E-state index is 10.9. The van der Waals surface area contributed by atoms with Gasteiger partial charge in [-0.3, -0.25) is 0 Å². The number of rotatable bonds is 24. The van der Waals surface area contributed by atoms with Gasteiger partial charge in [-0.1, -0.05) is 36.4 Å². The topological polar surface area (TPSA) is 149 Å². The van der Waals surface area contributed by atoms with Crippen molar-refractivity contribution in [2.75, 3.05) is 54.0 Å². The van der Waals surface area contributed by atoms with Crippen molar-refractivity contribution in [3.63, 3.8) is 0 Å². The summed E-state index contributed by atoms with van der Waals surface area (Å²) in [7, 11) is -2.05. The molecule has 0 saturated heterocycles. The Bertz CT molecular complexity index is 1490. The van der Waals surface area contributed by atoms with Gasteiger partial charge in [0.1, 0.15) is 17.2 Å². The van der Waals surface area contributed by atoms with Crippen LogP contribution in [0, 0.1) is 0 Å². The number of aliphatic carboxylic acids is 3. The highest BCUT2D eigenvalue weighted by molar-refractivity contribution is 7.43. The van der Waals surface area contributed by atoms with Gasteiger partial charge in [0.15, 0.2) is 0 Å². The van der Waals surface area contributed by atoms with E-state index in [9.17, 15) is 14.4 Å². The number of carbonyl (C=O) groups is 3. The summed E-state index contributed by atoms with van der Waals surface area (Å²) in [6.07, 6.45) is 10.0. The van der Waals surface area contributed by atoms with Crippen LogP contribution in [0.1, 0.15) is 40.0 Å². The molecule has 0 atom stereocenters. The predicted octanol–water partition coefficient (Wildman–Crippen LogP) is 8.02. The van der Waals surface area contributed by atoms with Gasteiger partial charge in [-0.15, -0.1) is 0 Å². The van der Waals surface area contributed by atoms with Crippen LogP contribution in [0.15, 0.2) is 109 Å². The van der Waals surface area contributed by atoms with Crippen molar-refractivity contribution in [3.05, 3.63) is 109 Å². The zero-order chi connectivity index (χ0) is 37.7. The second-order valence-corrected chi connectivity index (χ2v) is 12.3. The average molecular weight is 734 g/mol. The van der Waals surface area contributed by atoms with Crippen molar-refractivity contribution >= 4 is 43.6 Å². The van der Waals surface area contributed by atoms with Crippen molar-refractivity contribution in [2.24, 2.45) is 0 Å². The van der Waals surface area contributed by atoms with Gasteiger partial charge in [0.25, 0.3) is 0 Å². The molecule has 0 spiro atoms. The fourth-order valence-electron chi connectivity index (χ4n) is 5.18. The van der Waals surface area contributed by atoms with E-state index in [1.54, 1.807) is 18.2 Å². The number of carboxylic acids is 3. The van der Waals surface area contributed by atoms with E-state index in [4.69, 9.17) is 28.9 Å². The van der Waals surface area contributed by atoms with Gasteiger partial charge in [0, 0.05) is 92.8 Å². The van der Waals surface area contributed by atoms with Crippen molar-refractivity contribution in [2.45, 2.75) is 40.0 Å². The van der Waals surface area contributed by atoms with E-state index in [1.807, 2.05) is 93.6 Å². The number of benzene rings is 3. The van der Waals surface area contributed by atoms with Gasteiger partial charge < -0.3 is 43.6 Å². The molecule has 0 aromatic heterocycles. The van der Waals surface area contributed by atoms with Crippen LogP contribution >= 0.6 is 8.60 Å². The molecule has 3 rings (SSSR count). The molecule has 0 aliphatic carbocycles. The van der Waals surface area contributed by atoms with E-state index in [0.717, 1.165) is 35.3 Å². The lowest BCUT2D eigenvalue weighted by molar-refractivity contribution is -0.132. The fraction of sp³-hybridized carbons (Fsp3) is 0.308. The zero-order valence-corrected chi connectivity index (χ0v) is 30.7. The number of hydrogen-bond donors (Lipinski definition) is 3. The molecule has 0 unspecified atom stereocenters. The minimum atomic E-state index is -2.05. The standard InChI is InChI=1S/C39H48N3O9P/c1-4-40(25-10-7-22-37(43)44)31-16-13-19-34(28-31)49-52(50-35-20-14-17-32(29-35)41(5-2)26-11-8-23-38(45)46)51-36-21-15-18-33(30-36)42(6-3)27-12-9-24-39(47)48/h7-9,13-24,28-30H,4-6,10-12,25-27H2,1-3H3,(H,43,44)(H,45,46)(H,47,48)/b22-7-,23-8-,24-9+. The Morgan fingerprint density at radius 3 is 1.08 bits per heavy atom. The molecule has 0 amide bonds. The van der Waals surface area contributed by atoms with Crippen LogP contribution in [0.5, 0.6) is 17.2 Å². The van der Waals surface area contributed by atoms with Gasteiger partial charge in [0.2, 0.25) is 0 Å². The number of nitrogens with zero attached hydrogens (tertiary/aromatic N) is 3. The molecule has 12 nitrogen and oxygen atoms in total. The maximum absolute atomic E-state index is 10.9. The molecular weight excluding hydrogens is 685 g/mol. The Morgan fingerprint density at radius 1 is 0.538 bits per heavy atom. The van der Waals surface area contributed by atoms with E-state index in [0.29, 0.717) is 75.8 Å². The molecule has 13 heteroatoms. The highest BCUT2D eigenvalue weighted by Crippen LogP contribution is 2.44. The second kappa shape index (κ2) is 22.4. The summed E-state index contributed by atoms with van der Waals surface area (Å²) in [4.78, 5) is 39.0. The molecule has 3 N–H and O–H groups in total. The molecule has 0 fully saturated rings. The normalized spacial score (nSPS) is 11.3. The molecule has 0 bridgehead atoms. The van der Waals surface area contributed by atoms with Crippen LogP contribution in [0.25, 0.3) is 0 Å². The first-order chi connectivity index (χ1) is 25.1. The number of hydrogen-bond acceptors (Lipinski definition) is 9. The van der Waals surface area contributed by atoms with E-state index in [-0.39, 0.29) is 0 Å². The third kappa shape index (κ3) is 14.8. The Morgan fingerprint density at radius 2 is 0.827 bits per heavy atom. The molecule has 52 heavy (non-hydrogen) atoms. The van der Waals surface area contributed by atoms with Gasteiger partial charge >= 0.3 is 26.5 Å². The smallest absolute Gasteiger partial charge is 0.478 e. The Balaban J connectivity index is 1.88. The first-order valence-corrected chi connectivity index (χ1v) is 18.3. The SMILES string of the molecule is CCN(CC/C=C\C(=O)O)c1cccc(OP(Oc2cccc(N(CC)CC/C=C\C(=O)O)c2)Oc2cccc(N(CC)CC/C=C/C(=O)O)c2)c1. The molecule has 0 heterocycles. The lowest BCUT2D eigenvalue weighted by atomic mass is 10.2. The Hall–Kier alpha value is -5.48. The monoisotopic (exact) mass is 733 g/mol. The molecule has 0 aliphatic heterocycles. The molecule has 278 valence electrons. The largest absolute Gasteiger partial charge is 0.530 e. The van der Waals surface area contributed by atoms with Crippen molar-refractivity contribution < 1.29 is 43.3 Å². The molecule has 3 aromatic carbocycles. The quantitative estimate of drug-likeness (QED) is 0.0605. The molecule has 0 radical (unpaired) electrons. The van der Waals surface area contributed by atoms with Crippen LogP contribution < -0.4 is 28.3 Å². The number of anilines is 3. The van der Waals surface area contributed by atoms with E-state index in [1.165, 1.54) is 0 Å². The zero-order valence-electron chi connectivity index (χ0n) is 29.8. The lowest BCUT2D eigenvalue weighted by Gasteiger charge is -2.25. The average Bonchev–Trinajstić information content (AvgIpc) is 3.11. The summed E-state index contributed by atoms with van der Waals surface area (Å²) >= 11 is 0. The summed E-state index contributed by atoms with van der Waals surface area (Å²) in [5, 5.41) is 26.8. The number of carboxylic acid groups (broad SMARTS) is 3. The molecule has 0 saturated carbocycles. The highest BCUT2D eigenvalue weighted by Gasteiger charge is 2.22. The maximum Gasteiger partial charge on any atom is 0.530 e. The van der Waals surface area contributed by atoms with Crippen LogP contribution in [-0.4, -0.2) is 72.5 Å². The minimum absolute atomic E-state index is 0.524. The van der Waals surface area contributed by atoms with Crippen LogP contribution in [0.3, 0.4) is 0 Å². The second-order valence-electron chi connectivity index (χ2n) is 11.3.